The van der Waals surface area contributed by atoms with Crippen molar-refractivity contribution in [1.29, 1.82) is 5.26 Å². The zero-order valence-corrected chi connectivity index (χ0v) is 8.70. The minimum Gasteiger partial charge on any atom is -0.296 e. The molecule has 1 aromatic carbocycles. The molecule has 0 unspecified atom stereocenters. The highest BCUT2D eigenvalue weighted by atomic mass is 17.2. The monoisotopic (exact) mass is 225 g/mol. The highest BCUT2D eigenvalue weighted by molar-refractivity contribution is 5.82. The van der Waals surface area contributed by atoms with Crippen LogP contribution < -0.4 is 0 Å². The fourth-order valence-corrected chi connectivity index (χ4v) is 1.64. The first-order valence-corrected chi connectivity index (χ1v) is 4.97. The number of fused-ring (bicyclic) bond motifs is 1. The zero-order chi connectivity index (χ0) is 11.7. The lowest BCUT2D eigenvalue weighted by Gasteiger charge is -2.09. The SMILES string of the molecule is N#Cc1ccc2c(cnn2C2=CC=COO2)c1. The Labute approximate surface area is 96.7 Å². The van der Waals surface area contributed by atoms with E-state index < -0.39 is 0 Å². The molecule has 82 valence electrons. The summed E-state index contributed by atoms with van der Waals surface area (Å²) >= 11 is 0. The summed E-state index contributed by atoms with van der Waals surface area (Å²) in [7, 11) is 0. The number of allylic oxidation sites excluding steroid dienone is 2. The van der Waals surface area contributed by atoms with Crippen LogP contribution in [0.3, 0.4) is 0 Å². The summed E-state index contributed by atoms with van der Waals surface area (Å²) < 4.78 is 1.61. The van der Waals surface area contributed by atoms with Gasteiger partial charge in [-0.25, -0.2) is 0 Å². The van der Waals surface area contributed by atoms with E-state index >= 15 is 0 Å². The zero-order valence-electron chi connectivity index (χ0n) is 8.70. The van der Waals surface area contributed by atoms with Crippen LogP contribution in [-0.2, 0) is 9.78 Å². The number of aromatic nitrogens is 2. The molecular weight excluding hydrogens is 218 g/mol. The third-order valence-corrected chi connectivity index (χ3v) is 2.41. The van der Waals surface area contributed by atoms with Crippen molar-refractivity contribution in [3.63, 3.8) is 0 Å². The highest BCUT2D eigenvalue weighted by Crippen LogP contribution is 2.20. The van der Waals surface area contributed by atoms with Crippen molar-refractivity contribution in [1.82, 2.24) is 9.78 Å². The van der Waals surface area contributed by atoms with Crippen LogP contribution in [0.15, 0.2) is 42.8 Å². The number of rotatable bonds is 1. The lowest BCUT2D eigenvalue weighted by Crippen LogP contribution is -2.04. The van der Waals surface area contributed by atoms with E-state index in [2.05, 4.69) is 11.2 Å². The molecule has 5 heteroatoms. The van der Waals surface area contributed by atoms with Crippen molar-refractivity contribution in [2.75, 3.05) is 0 Å². The predicted molar refractivity (Wildman–Crippen MR) is 60.0 cm³/mol. The highest BCUT2D eigenvalue weighted by Gasteiger charge is 2.11. The first-order valence-electron chi connectivity index (χ1n) is 4.97. The minimum atomic E-state index is 0.479. The Morgan fingerprint density at radius 2 is 2.29 bits per heavy atom. The first kappa shape index (κ1) is 9.48. The summed E-state index contributed by atoms with van der Waals surface area (Å²) in [5.74, 6) is 0.479. The summed E-state index contributed by atoms with van der Waals surface area (Å²) in [6.45, 7) is 0. The summed E-state index contributed by atoms with van der Waals surface area (Å²) in [5.41, 5.74) is 1.46. The Morgan fingerprint density at radius 3 is 3.06 bits per heavy atom. The third-order valence-electron chi connectivity index (χ3n) is 2.41. The predicted octanol–water partition coefficient (Wildman–Crippen LogP) is 2.18. The summed E-state index contributed by atoms with van der Waals surface area (Å²) in [6, 6.07) is 7.43. The first-order chi connectivity index (χ1) is 8.38. The standard InChI is InChI=1S/C12H7N3O2/c13-7-9-3-4-11-10(6-9)8-14-15(11)12-2-1-5-16-17-12/h1-6,8H. The molecule has 2 heterocycles. The smallest absolute Gasteiger partial charge is 0.271 e. The second-order valence-electron chi connectivity index (χ2n) is 3.45. The molecular formula is C12H7N3O2. The van der Waals surface area contributed by atoms with Gasteiger partial charge in [-0.05, 0) is 24.3 Å². The Bertz CT molecular complexity index is 677. The van der Waals surface area contributed by atoms with Gasteiger partial charge in [0.2, 0.25) is 0 Å². The van der Waals surface area contributed by atoms with Gasteiger partial charge in [0, 0.05) is 11.5 Å². The van der Waals surface area contributed by atoms with Gasteiger partial charge in [-0.15, -0.1) is 0 Å². The van der Waals surface area contributed by atoms with E-state index in [-0.39, 0.29) is 0 Å². The fourth-order valence-electron chi connectivity index (χ4n) is 1.64. The summed E-state index contributed by atoms with van der Waals surface area (Å²) in [4.78, 5) is 9.73. The minimum absolute atomic E-state index is 0.479. The van der Waals surface area contributed by atoms with E-state index in [1.165, 1.54) is 6.26 Å². The average molecular weight is 225 g/mol. The normalized spacial score (nSPS) is 13.7. The van der Waals surface area contributed by atoms with Crippen molar-refractivity contribution in [3.05, 3.63) is 48.4 Å². The number of hydrogen-bond acceptors (Lipinski definition) is 4. The van der Waals surface area contributed by atoms with Crippen LogP contribution in [0.25, 0.3) is 16.8 Å². The molecule has 3 rings (SSSR count). The number of nitrogens with zero attached hydrogens (tertiary/aromatic N) is 3. The molecule has 0 fully saturated rings. The van der Waals surface area contributed by atoms with E-state index in [0.717, 1.165) is 10.9 Å². The lowest BCUT2D eigenvalue weighted by molar-refractivity contribution is -0.189. The summed E-state index contributed by atoms with van der Waals surface area (Å²) in [5, 5.41) is 13.9. The van der Waals surface area contributed by atoms with Crippen molar-refractivity contribution < 1.29 is 9.78 Å². The topological polar surface area (TPSA) is 60.1 Å². The summed E-state index contributed by atoms with van der Waals surface area (Å²) in [6.07, 6.45) is 6.58. The van der Waals surface area contributed by atoms with Gasteiger partial charge >= 0.3 is 0 Å². The molecule has 2 aromatic rings. The van der Waals surface area contributed by atoms with Gasteiger partial charge in [0.25, 0.3) is 5.88 Å². The Kier molecular flexibility index (Phi) is 2.06. The van der Waals surface area contributed by atoms with Gasteiger partial charge in [-0.3, -0.25) is 9.78 Å². The van der Waals surface area contributed by atoms with Crippen LogP contribution in [-0.4, -0.2) is 9.78 Å². The lowest BCUT2D eigenvalue weighted by atomic mass is 10.2. The molecule has 1 aliphatic heterocycles. The molecule has 0 amide bonds. The van der Waals surface area contributed by atoms with Gasteiger partial charge < -0.3 is 0 Å². The third kappa shape index (κ3) is 1.52. The molecule has 0 spiro atoms. The Morgan fingerprint density at radius 1 is 1.35 bits per heavy atom. The van der Waals surface area contributed by atoms with Gasteiger partial charge in [0.15, 0.2) is 0 Å². The molecule has 5 nitrogen and oxygen atoms in total. The maximum Gasteiger partial charge on any atom is 0.271 e. The number of hydrogen-bond donors (Lipinski definition) is 0. The van der Waals surface area contributed by atoms with Crippen molar-refractivity contribution in [2.45, 2.75) is 0 Å². The van der Waals surface area contributed by atoms with Crippen molar-refractivity contribution in [2.24, 2.45) is 0 Å². The number of benzene rings is 1. The Balaban J connectivity index is 2.16. The molecule has 0 N–H and O–H groups in total. The van der Waals surface area contributed by atoms with Gasteiger partial charge in [-0.1, -0.05) is 0 Å². The average Bonchev–Trinajstić information content (AvgIpc) is 2.82. The second kappa shape index (κ2) is 3.68. The molecule has 0 bridgehead atoms. The van der Waals surface area contributed by atoms with Crippen LogP contribution >= 0.6 is 0 Å². The second-order valence-corrected chi connectivity index (χ2v) is 3.45. The van der Waals surface area contributed by atoms with E-state index in [1.54, 1.807) is 35.2 Å². The molecule has 17 heavy (non-hydrogen) atoms. The van der Waals surface area contributed by atoms with Crippen molar-refractivity contribution >= 4 is 16.8 Å². The number of nitriles is 1. The molecule has 0 saturated heterocycles. The Hall–Kier alpha value is -2.74. The maximum atomic E-state index is 8.81. The molecule has 1 aliphatic rings. The van der Waals surface area contributed by atoms with E-state index in [0.29, 0.717) is 11.4 Å². The molecule has 0 aliphatic carbocycles. The molecule has 0 radical (unpaired) electrons. The van der Waals surface area contributed by atoms with Crippen LogP contribution in [0, 0.1) is 11.3 Å². The fraction of sp³-hybridized carbons (Fsp3) is 0. The van der Waals surface area contributed by atoms with E-state index in [1.807, 2.05) is 6.07 Å². The van der Waals surface area contributed by atoms with Crippen LogP contribution in [0.1, 0.15) is 5.56 Å². The van der Waals surface area contributed by atoms with Crippen LogP contribution in [0.2, 0.25) is 0 Å². The van der Waals surface area contributed by atoms with Gasteiger partial charge in [0.1, 0.15) is 6.26 Å². The van der Waals surface area contributed by atoms with Crippen LogP contribution in [0.5, 0.6) is 0 Å². The molecule has 1 aromatic heterocycles. The molecule has 0 saturated carbocycles. The quantitative estimate of drug-likeness (QED) is 0.698. The van der Waals surface area contributed by atoms with E-state index in [4.69, 9.17) is 15.0 Å². The van der Waals surface area contributed by atoms with E-state index in [9.17, 15) is 0 Å². The van der Waals surface area contributed by atoms with Gasteiger partial charge in [-0.2, -0.15) is 15.0 Å². The van der Waals surface area contributed by atoms with Crippen LogP contribution in [0.4, 0.5) is 0 Å². The maximum absolute atomic E-state index is 8.81. The molecule has 0 atom stereocenters. The van der Waals surface area contributed by atoms with Crippen molar-refractivity contribution in [3.8, 4) is 6.07 Å². The largest absolute Gasteiger partial charge is 0.296 e. The van der Waals surface area contributed by atoms with Gasteiger partial charge in [0.05, 0.1) is 23.3 Å².